The van der Waals surface area contributed by atoms with Gasteiger partial charge in [-0.25, -0.2) is 4.68 Å². The molecular weight excluding hydrogens is 378 g/mol. The first-order valence-corrected chi connectivity index (χ1v) is 8.92. The minimum absolute atomic E-state index is 0.206. The Balaban J connectivity index is 1.51. The number of nitrogens with zero attached hydrogens (tertiary/aromatic N) is 6. The molecule has 2 aromatic carbocycles. The van der Waals surface area contributed by atoms with E-state index in [1.165, 1.54) is 0 Å². The van der Waals surface area contributed by atoms with Crippen LogP contribution in [0.25, 0.3) is 11.4 Å². The molecule has 9 heteroatoms. The maximum absolute atomic E-state index is 12.6. The van der Waals surface area contributed by atoms with E-state index in [-0.39, 0.29) is 18.1 Å². The molecule has 1 amide bonds. The fourth-order valence-corrected chi connectivity index (χ4v) is 3.00. The van der Waals surface area contributed by atoms with Crippen molar-refractivity contribution in [2.24, 2.45) is 0 Å². The standard InChI is InChI=1S/C19H16ClN7O/c1-13-18(24-25-27(13)16-9-5-6-14(20)10-16)19(28)21-11-17-23-22-12-26(17)15-7-3-2-4-8-15/h2-10,12H,11H2,1H3,(H,21,28). The molecular formula is C19H16ClN7O. The van der Waals surface area contributed by atoms with Crippen molar-refractivity contribution in [1.82, 2.24) is 35.1 Å². The average Bonchev–Trinajstić information content (AvgIpc) is 3.33. The lowest BCUT2D eigenvalue weighted by atomic mass is 10.3. The van der Waals surface area contributed by atoms with Gasteiger partial charge < -0.3 is 5.32 Å². The lowest BCUT2D eigenvalue weighted by Gasteiger charge is -2.07. The highest BCUT2D eigenvalue weighted by Gasteiger charge is 2.18. The number of para-hydroxylation sites is 1. The Morgan fingerprint density at radius 1 is 1.07 bits per heavy atom. The lowest BCUT2D eigenvalue weighted by Crippen LogP contribution is -2.25. The molecule has 2 heterocycles. The molecule has 0 radical (unpaired) electrons. The predicted octanol–water partition coefficient (Wildman–Crippen LogP) is 2.74. The molecule has 0 fully saturated rings. The van der Waals surface area contributed by atoms with E-state index in [0.29, 0.717) is 16.5 Å². The van der Waals surface area contributed by atoms with E-state index in [2.05, 4.69) is 25.8 Å². The molecule has 4 aromatic rings. The minimum atomic E-state index is -0.339. The molecule has 0 aliphatic carbocycles. The Labute approximate surface area is 165 Å². The predicted molar refractivity (Wildman–Crippen MR) is 104 cm³/mol. The molecule has 8 nitrogen and oxygen atoms in total. The normalized spacial score (nSPS) is 10.8. The van der Waals surface area contributed by atoms with Gasteiger partial charge in [0.05, 0.1) is 17.9 Å². The summed E-state index contributed by atoms with van der Waals surface area (Å²) in [5.41, 5.74) is 2.51. The second kappa shape index (κ2) is 7.61. The van der Waals surface area contributed by atoms with Gasteiger partial charge in [-0.05, 0) is 37.3 Å². The minimum Gasteiger partial charge on any atom is -0.343 e. The van der Waals surface area contributed by atoms with Crippen LogP contribution in [0.2, 0.25) is 5.02 Å². The summed E-state index contributed by atoms with van der Waals surface area (Å²) in [5, 5.41) is 19.5. The van der Waals surface area contributed by atoms with Crippen LogP contribution in [0.4, 0.5) is 0 Å². The zero-order valence-corrected chi connectivity index (χ0v) is 15.7. The van der Waals surface area contributed by atoms with Gasteiger partial charge in [0.15, 0.2) is 11.5 Å². The van der Waals surface area contributed by atoms with E-state index >= 15 is 0 Å². The molecule has 4 rings (SSSR count). The Hall–Kier alpha value is -3.52. The van der Waals surface area contributed by atoms with E-state index in [1.807, 2.05) is 47.0 Å². The maximum atomic E-state index is 12.6. The van der Waals surface area contributed by atoms with Crippen molar-refractivity contribution in [3.63, 3.8) is 0 Å². The number of halogens is 1. The van der Waals surface area contributed by atoms with Crippen LogP contribution in [0.1, 0.15) is 22.0 Å². The summed E-state index contributed by atoms with van der Waals surface area (Å²) in [6.07, 6.45) is 1.61. The van der Waals surface area contributed by atoms with Crippen LogP contribution in [0, 0.1) is 6.92 Å². The van der Waals surface area contributed by atoms with E-state index in [1.54, 1.807) is 30.1 Å². The van der Waals surface area contributed by atoms with Gasteiger partial charge in [-0.2, -0.15) is 0 Å². The van der Waals surface area contributed by atoms with Crippen LogP contribution in [0.15, 0.2) is 60.9 Å². The molecule has 2 aromatic heterocycles. The molecule has 0 saturated carbocycles. The highest BCUT2D eigenvalue weighted by molar-refractivity contribution is 6.30. The molecule has 0 saturated heterocycles. The topological polar surface area (TPSA) is 90.5 Å². The summed E-state index contributed by atoms with van der Waals surface area (Å²) in [6.45, 7) is 1.99. The molecule has 0 spiro atoms. The quantitative estimate of drug-likeness (QED) is 0.563. The third-order valence-electron chi connectivity index (χ3n) is 4.22. The van der Waals surface area contributed by atoms with Gasteiger partial charge in [0.2, 0.25) is 0 Å². The van der Waals surface area contributed by atoms with Crippen molar-refractivity contribution in [2.75, 3.05) is 0 Å². The second-order valence-corrected chi connectivity index (χ2v) is 6.49. The Kier molecular flexibility index (Phi) is 4.86. The summed E-state index contributed by atoms with van der Waals surface area (Å²) < 4.78 is 3.39. The van der Waals surface area contributed by atoms with Crippen LogP contribution in [0.3, 0.4) is 0 Å². The van der Waals surface area contributed by atoms with E-state index < -0.39 is 0 Å². The van der Waals surface area contributed by atoms with Crippen molar-refractivity contribution in [2.45, 2.75) is 13.5 Å². The summed E-state index contributed by atoms with van der Waals surface area (Å²) >= 11 is 6.03. The third-order valence-corrected chi connectivity index (χ3v) is 4.46. The molecule has 1 N–H and O–H groups in total. The van der Waals surface area contributed by atoms with Gasteiger partial charge in [-0.15, -0.1) is 15.3 Å². The molecule has 0 unspecified atom stereocenters. The zero-order chi connectivity index (χ0) is 19.5. The van der Waals surface area contributed by atoms with E-state index in [0.717, 1.165) is 11.4 Å². The summed E-state index contributed by atoms with van der Waals surface area (Å²) in [4.78, 5) is 12.6. The lowest BCUT2D eigenvalue weighted by molar-refractivity contribution is 0.0944. The molecule has 0 aliphatic heterocycles. The van der Waals surface area contributed by atoms with Crippen LogP contribution < -0.4 is 5.32 Å². The van der Waals surface area contributed by atoms with Crippen molar-refractivity contribution in [3.8, 4) is 11.4 Å². The highest BCUT2D eigenvalue weighted by atomic mass is 35.5. The second-order valence-electron chi connectivity index (χ2n) is 6.05. The van der Waals surface area contributed by atoms with Gasteiger partial charge in [0, 0.05) is 10.7 Å². The smallest absolute Gasteiger partial charge is 0.274 e. The van der Waals surface area contributed by atoms with Gasteiger partial charge in [-0.1, -0.05) is 41.1 Å². The van der Waals surface area contributed by atoms with Gasteiger partial charge in [0.1, 0.15) is 6.33 Å². The van der Waals surface area contributed by atoms with Crippen molar-refractivity contribution in [3.05, 3.63) is 83.2 Å². The number of hydrogen-bond donors (Lipinski definition) is 1. The van der Waals surface area contributed by atoms with Crippen LogP contribution in [0.5, 0.6) is 0 Å². The van der Waals surface area contributed by atoms with Gasteiger partial charge >= 0.3 is 0 Å². The van der Waals surface area contributed by atoms with Crippen LogP contribution >= 0.6 is 11.6 Å². The number of benzene rings is 2. The fraction of sp³-hybridized carbons (Fsp3) is 0.105. The molecule has 0 bridgehead atoms. The number of amides is 1. The molecule has 140 valence electrons. The maximum Gasteiger partial charge on any atom is 0.274 e. The van der Waals surface area contributed by atoms with Gasteiger partial charge in [-0.3, -0.25) is 9.36 Å². The first-order valence-electron chi connectivity index (χ1n) is 8.54. The number of carbonyl (C=O) groups excluding carboxylic acids is 1. The molecule has 0 aliphatic rings. The monoisotopic (exact) mass is 393 g/mol. The van der Waals surface area contributed by atoms with E-state index in [9.17, 15) is 4.79 Å². The van der Waals surface area contributed by atoms with E-state index in [4.69, 9.17) is 11.6 Å². The summed E-state index contributed by atoms with van der Waals surface area (Å²) in [7, 11) is 0. The Morgan fingerprint density at radius 3 is 2.64 bits per heavy atom. The van der Waals surface area contributed by atoms with Crippen LogP contribution in [-0.2, 0) is 6.54 Å². The molecule has 0 atom stereocenters. The number of aromatic nitrogens is 6. The number of rotatable bonds is 5. The highest BCUT2D eigenvalue weighted by Crippen LogP contribution is 2.17. The van der Waals surface area contributed by atoms with Crippen molar-refractivity contribution in [1.29, 1.82) is 0 Å². The summed E-state index contributed by atoms with van der Waals surface area (Å²) in [6, 6.07) is 16.9. The first-order chi connectivity index (χ1) is 13.6. The number of carbonyl (C=O) groups is 1. The average molecular weight is 394 g/mol. The largest absolute Gasteiger partial charge is 0.343 e. The fourth-order valence-electron chi connectivity index (χ4n) is 2.82. The Morgan fingerprint density at radius 2 is 1.86 bits per heavy atom. The Bertz CT molecular complexity index is 1120. The first kappa shape index (κ1) is 17.9. The number of nitrogens with one attached hydrogen (secondary N) is 1. The molecule has 28 heavy (non-hydrogen) atoms. The SMILES string of the molecule is Cc1c(C(=O)NCc2nncn2-c2ccccc2)nnn1-c1cccc(Cl)c1. The number of hydrogen-bond acceptors (Lipinski definition) is 5. The summed E-state index contributed by atoms with van der Waals surface area (Å²) in [5.74, 6) is 0.271. The zero-order valence-electron chi connectivity index (χ0n) is 15.0. The van der Waals surface area contributed by atoms with Crippen LogP contribution in [-0.4, -0.2) is 35.7 Å². The van der Waals surface area contributed by atoms with Gasteiger partial charge in [0.25, 0.3) is 5.91 Å². The van der Waals surface area contributed by atoms with Crippen molar-refractivity contribution < 1.29 is 4.79 Å². The van der Waals surface area contributed by atoms with Crippen molar-refractivity contribution >= 4 is 17.5 Å². The third kappa shape index (κ3) is 3.49.